The SMILES string of the molecule is CCNC1CC(C)CC(C)C1S(=O)(=O)CC(=O)OCC. The fourth-order valence-corrected chi connectivity index (χ4v) is 5.49. The normalized spacial score (nSPS) is 31.0. The summed E-state index contributed by atoms with van der Waals surface area (Å²) in [5.74, 6) is -0.592. The molecule has 0 spiro atoms. The van der Waals surface area contributed by atoms with Crippen molar-refractivity contribution in [2.24, 2.45) is 11.8 Å². The molecule has 4 unspecified atom stereocenters. The van der Waals surface area contributed by atoms with Crippen LogP contribution in [0, 0.1) is 11.8 Å². The average Bonchev–Trinajstić information content (AvgIpc) is 2.26. The topological polar surface area (TPSA) is 72.5 Å². The zero-order chi connectivity index (χ0) is 15.3. The van der Waals surface area contributed by atoms with Crippen molar-refractivity contribution >= 4 is 15.8 Å². The lowest BCUT2D eigenvalue weighted by molar-refractivity contribution is -0.139. The maximum atomic E-state index is 12.5. The van der Waals surface area contributed by atoms with Crippen LogP contribution in [0.15, 0.2) is 0 Å². The zero-order valence-electron chi connectivity index (χ0n) is 12.9. The molecule has 0 amide bonds. The van der Waals surface area contributed by atoms with Gasteiger partial charge in [0.25, 0.3) is 0 Å². The number of rotatable bonds is 6. The molecule has 1 aliphatic carbocycles. The van der Waals surface area contributed by atoms with Crippen LogP contribution in [0.2, 0.25) is 0 Å². The lowest BCUT2D eigenvalue weighted by Crippen LogP contribution is -2.53. The highest BCUT2D eigenvalue weighted by Crippen LogP contribution is 2.33. The average molecular weight is 305 g/mol. The summed E-state index contributed by atoms with van der Waals surface area (Å²) in [7, 11) is -3.49. The summed E-state index contributed by atoms with van der Waals surface area (Å²) in [6.07, 6.45) is 1.72. The zero-order valence-corrected chi connectivity index (χ0v) is 13.7. The number of ether oxygens (including phenoxy) is 1. The van der Waals surface area contributed by atoms with Crippen LogP contribution in [-0.4, -0.2) is 44.6 Å². The van der Waals surface area contributed by atoms with E-state index in [4.69, 9.17) is 4.74 Å². The van der Waals surface area contributed by atoms with Crippen molar-refractivity contribution in [3.63, 3.8) is 0 Å². The van der Waals surface area contributed by atoms with Gasteiger partial charge < -0.3 is 10.1 Å². The van der Waals surface area contributed by atoms with E-state index in [1.807, 2.05) is 13.8 Å². The Bertz CT molecular complexity index is 421. The lowest BCUT2D eigenvalue weighted by atomic mass is 9.80. The minimum atomic E-state index is -3.49. The molecule has 6 heteroatoms. The van der Waals surface area contributed by atoms with Crippen molar-refractivity contribution in [3.8, 4) is 0 Å². The Labute approximate surface area is 122 Å². The molecule has 0 radical (unpaired) electrons. The summed E-state index contributed by atoms with van der Waals surface area (Å²) in [5, 5.41) is 2.78. The van der Waals surface area contributed by atoms with Gasteiger partial charge >= 0.3 is 5.97 Å². The smallest absolute Gasteiger partial charge is 0.321 e. The highest BCUT2D eigenvalue weighted by Gasteiger charge is 2.42. The molecular weight excluding hydrogens is 278 g/mol. The van der Waals surface area contributed by atoms with E-state index in [0.717, 1.165) is 19.4 Å². The number of carbonyl (C=O) groups is 1. The highest BCUT2D eigenvalue weighted by atomic mass is 32.2. The Morgan fingerprint density at radius 3 is 2.45 bits per heavy atom. The van der Waals surface area contributed by atoms with Gasteiger partial charge in [0, 0.05) is 6.04 Å². The Hall–Kier alpha value is -0.620. The van der Waals surface area contributed by atoms with E-state index in [1.165, 1.54) is 0 Å². The van der Waals surface area contributed by atoms with Gasteiger partial charge in [-0.2, -0.15) is 0 Å². The Morgan fingerprint density at radius 1 is 1.25 bits per heavy atom. The van der Waals surface area contributed by atoms with Crippen molar-refractivity contribution in [3.05, 3.63) is 0 Å². The van der Waals surface area contributed by atoms with Gasteiger partial charge in [0.2, 0.25) is 0 Å². The van der Waals surface area contributed by atoms with Crippen LogP contribution < -0.4 is 5.32 Å². The highest BCUT2D eigenvalue weighted by molar-refractivity contribution is 7.92. The van der Waals surface area contributed by atoms with Gasteiger partial charge in [0.05, 0.1) is 11.9 Å². The molecule has 1 rings (SSSR count). The summed E-state index contributed by atoms with van der Waals surface area (Å²) < 4.78 is 29.8. The van der Waals surface area contributed by atoms with Crippen LogP contribution in [-0.2, 0) is 19.4 Å². The van der Waals surface area contributed by atoms with E-state index in [9.17, 15) is 13.2 Å². The first-order valence-corrected chi connectivity index (χ1v) is 9.13. The second kappa shape index (κ2) is 7.41. The summed E-state index contributed by atoms with van der Waals surface area (Å²) in [6, 6.07) is -0.0711. The molecule has 0 aromatic carbocycles. The van der Waals surface area contributed by atoms with Crippen molar-refractivity contribution in [2.75, 3.05) is 18.9 Å². The van der Waals surface area contributed by atoms with Gasteiger partial charge in [-0.15, -0.1) is 0 Å². The summed E-state index contributed by atoms with van der Waals surface area (Å²) >= 11 is 0. The van der Waals surface area contributed by atoms with Crippen LogP contribution in [0.3, 0.4) is 0 Å². The van der Waals surface area contributed by atoms with Crippen LogP contribution in [0.25, 0.3) is 0 Å². The number of esters is 1. The van der Waals surface area contributed by atoms with Gasteiger partial charge in [-0.05, 0) is 38.1 Å². The van der Waals surface area contributed by atoms with Gasteiger partial charge in [-0.3, -0.25) is 4.79 Å². The number of hydrogen-bond donors (Lipinski definition) is 1. The molecule has 4 atom stereocenters. The molecule has 0 saturated heterocycles. The third kappa shape index (κ3) is 4.45. The standard InChI is InChI=1S/C14H27NO4S/c1-5-15-12-8-10(3)7-11(4)14(12)20(17,18)9-13(16)19-6-2/h10-12,14-15H,5-9H2,1-4H3. The molecule has 1 aliphatic rings. The number of hydrogen-bond acceptors (Lipinski definition) is 5. The summed E-state index contributed by atoms with van der Waals surface area (Å²) in [5.41, 5.74) is 0. The van der Waals surface area contributed by atoms with Crippen molar-refractivity contribution in [1.29, 1.82) is 0 Å². The number of carbonyl (C=O) groups excluding carboxylic acids is 1. The van der Waals surface area contributed by atoms with Crippen molar-refractivity contribution in [1.82, 2.24) is 5.32 Å². The van der Waals surface area contributed by atoms with Gasteiger partial charge in [-0.25, -0.2) is 8.42 Å². The van der Waals surface area contributed by atoms with E-state index in [-0.39, 0.29) is 18.6 Å². The Kier molecular flexibility index (Phi) is 6.45. The molecule has 0 bridgehead atoms. The molecule has 0 aromatic rings. The monoisotopic (exact) mass is 305 g/mol. The van der Waals surface area contributed by atoms with E-state index < -0.39 is 26.8 Å². The third-order valence-electron chi connectivity index (χ3n) is 3.89. The van der Waals surface area contributed by atoms with E-state index in [0.29, 0.717) is 5.92 Å². The van der Waals surface area contributed by atoms with Gasteiger partial charge in [0.15, 0.2) is 9.84 Å². The molecule has 118 valence electrons. The second-order valence-corrected chi connectivity index (χ2v) is 7.95. The van der Waals surface area contributed by atoms with Crippen LogP contribution in [0.5, 0.6) is 0 Å². The van der Waals surface area contributed by atoms with E-state index in [1.54, 1.807) is 6.92 Å². The first kappa shape index (κ1) is 17.4. The molecule has 0 heterocycles. The number of nitrogens with one attached hydrogen (secondary N) is 1. The lowest BCUT2D eigenvalue weighted by Gasteiger charge is -2.39. The first-order chi connectivity index (χ1) is 9.31. The molecule has 5 nitrogen and oxygen atoms in total. The minimum Gasteiger partial charge on any atom is -0.465 e. The maximum Gasteiger partial charge on any atom is 0.321 e. The third-order valence-corrected chi connectivity index (χ3v) is 6.15. The molecule has 1 fully saturated rings. The van der Waals surface area contributed by atoms with Crippen LogP contribution in [0.1, 0.15) is 40.5 Å². The Balaban J connectivity index is 2.90. The van der Waals surface area contributed by atoms with Gasteiger partial charge in [-0.1, -0.05) is 20.8 Å². The molecule has 1 N–H and O–H groups in total. The molecule has 1 saturated carbocycles. The summed E-state index contributed by atoms with van der Waals surface area (Å²) in [4.78, 5) is 11.5. The predicted molar refractivity (Wildman–Crippen MR) is 79.2 cm³/mol. The van der Waals surface area contributed by atoms with Crippen LogP contribution >= 0.6 is 0 Å². The van der Waals surface area contributed by atoms with E-state index in [2.05, 4.69) is 12.2 Å². The largest absolute Gasteiger partial charge is 0.465 e. The van der Waals surface area contributed by atoms with Crippen LogP contribution in [0.4, 0.5) is 0 Å². The van der Waals surface area contributed by atoms with Crippen molar-refractivity contribution < 1.29 is 17.9 Å². The molecule has 0 aliphatic heterocycles. The van der Waals surface area contributed by atoms with E-state index >= 15 is 0 Å². The molecule has 20 heavy (non-hydrogen) atoms. The quantitative estimate of drug-likeness (QED) is 0.751. The predicted octanol–water partition coefficient (Wildman–Crippen LogP) is 1.38. The minimum absolute atomic E-state index is 0.0576. The summed E-state index contributed by atoms with van der Waals surface area (Å²) in [6.45, 7) is 8.70. The fraction of sp³-hybridized carbons (Fsp3) is 0.929. The Morgan fingerprint density at radius 2 is 1.90 bits per heavy atom. The second-order valence-electron chi connectivity index (χ2n) is 5.79. The van der Waals surface area contributed by atoms with Gasteiger partial charge in [0.1, 0.15) is 5.75 Å². The number of sulfone groups is 1. The first-order valence-electron chi connectivity index (χ1n) is 7.42. The fourth-order valence-electron chi connectivity index (χ4n) is 3.36. The van der Waals surface area contributed by atoms with Crippen molar-refractivity contribution in [2.45, 2.75) is 51.8 Å². The molecular formula is C14H27NO4S. The molecule has 0 aromatic heterocycles. The maximum absolute atomic E-state index is 12.5.